The highest BCUT2D eigenvalue weighted by Gasteiger charge is 2.33. The highest BCUT2D eigenvalue weighted by atomic mass is 16.2. The molecule has 1 aliphatic carbocycles. The van der Waals surface area contributed by atoms with Crippen molar-refractivity contribution in [2.45, 2.75) is 38.8 Å². The minimum atomic E-state index is 0.207. The summed E-state index contributed by atoms with van der Waals surface area (Å²) in [5.41, 5.74) is 5.59. The maximum Gasteiger partial charge on any atom is 0.223 e. The summed E-state index contributed by atoms with van der Waals surface area (Å²) >= 11 is 0. The van der Waals surface area contributed by atoms with Crippen LogP contribution in [0.15, 0.2) is 12.4 Å². The Labute approximate surface area is 108 Å². The van der Waals surface area contributed by atoms with Crippen LogP contribution in [-0.4, -0.2) is 32.9 Å². The average molecular weight is 250 g/mol. The van der Waals surface area contributed by atoms with Gasteiger partial charge in [0.15, 0.2) is 0 Å². The summed E-state index contributed by atoms with van der Waals surface area (Å²) in [7, 11) is 1.96. The molecule has 1 amide bonds. The first kappa shape index (κ1) is 13.1. The SMILES string of the molecule is CC(CN)CC(=O)N(Cc1nccn1C)C1CC1. The molecule has 0 radical (unpaired) electrons. The van der Waals surface area contributed by atoms with Gasteiger partial charge in [-0.05, 0) is 25.3 Å². The molecule has 5 nitrogen and oxygen atoms in total. The Bertz CT molecular complexity index is 411. The molecule has 1 saturated carbocycles. The molecule has 0 saturated heterocycles. The van der Waals surface area contributed by atoms with E-state index in [1.807, 2.05) is 29.6 Å². The van der Waals surface area contributed by atoms with Crippen molar-refractivity contribution in [1.29, 1.82) is 0 Å². The van der Waals surface area contributed by atoms with Crippen LogP contribution in [0, 0.1) is 5.92 Å². The highest BCUT2D eigenvalue weighted by molar-refractivity contribution is 5.77. The fourth-order valence-electron chi connectivity index (χ4n) is 2.01. The third kappa shape index (κ3) is 3.10. The smallest absolute Gasteiger partial charge is 0.223 e. The van der Waals surface area contributed by atoms with Crippen LogP contribution < -0.4 is 5.73 Å². The molecule has 1 aromatic rings. The van der Waals surface area contributed by atoms with E-state index in [0.717, 1.165) is 18.7 Å². The summed E-state index contributed by atoms with van der Waals surface area (Å²) in [4.78, 5) is 18.5. The lowest BCUT2D eigenvalue weighted by molar-refractivity contribution is -0.133. The number of aromatic nitrogens is 2. The van der Waals surface area contributed by atoms with Gasteiger partial charge in [0.05, 0.1) is 6.54 Å². The van der Waals surface area contributed by atoms with Gasteiger partial charge in [-0.1, -0.05) is 6.92 Å². The van der Waals surface area contributed by atoms with Crippen LogP contribution in [0.4, 0.5) is 0 Å². The first-order valence-electron chi connectivity index (χ1n) is 6.57. The van der Waals surface area contributed by atoms with Crippen LogP contribution >= 0.6 is 0 Å². The van der Waals surface area contributed by atoms with E-state index in [-0.39, 0.29) is 11.8 Å². The summed E-state index contributed by atoms with van der Waals surface area (Å²) in [6, 6.07) is 0.416. The van der Waals surface area contributed by atoms with Gasteiger partial charge < -0.3 is 15.2 Å². The Hall–Kier alpha value is -1.36. The summed E-state index contributed by atoms with van der Waals surface area (Å²) < 4.78 is 1.97. The third-order valence-electron chi connectivity index (χ3n) is 3.47. The van der Waals surface area contributed by atoms with Gasteiger partial charge in [-0.25, -0.2) is 4.98 Å². The molecule has 5 heteroatoms. The maximum absolute atomic E-state index is 12.3. The van der Waals surface area contributed by atoms with E-state index in [0.29, 0.717) is 25.6 Å². The van der Waals surface area contributed by atoms with E-state index < -0.39 is 0 Å². The van der Waals surface area contributed by atoms with E-state index >= 15 is 0 Å². The Balaban J connectivity index is 2.00. The van der Waals surface area contributed by atoms with E-state index in [4.69, 9.17) is 5.73 Å². The molecular formula is C13H22N4O. The largest absolute Gasteiger partial charge is 0.337 e. The van der Waals surface area contributed by atoms with Crippen molar-refractivity contribution in [3.8, 4) is 0 Å². The summed E-state index contributed by atoms with van der Waals surface area (Å²) in [5, 5.41) is 0. The zero-order valence-corrected chi connectivity index (χ0v) is 11.2. The van der Waals surface area contributed by atoms with Crippen molar-refractivity contribution in [2.75, 3.05) is 6.54 Å². The van der Waals surface area contributed by atoms with Crippen molar-refractivity contribution >= 4 is 5.91 Å². The number of nitrogens with two attached hydrogens (primary N) is 1. The highest BCUT2D eigenvalue weighted by Crippen LogP contribution is 2.29. The molecule has 0 spiro atoms. The number of carbonyl (C=O) groups is 1. The monoisotopic (exact) mass is 250 g/mol. The number of nitrogens with zero attached hydrogens (tertiary/aromatic N) is 3. The first-order chi connectivity index (χ1) is 8.61. The van der Waals surface area contributed by atoms with Crippen LogP contribution in [0.3, 0.4) is 0 Å². The molecule has 1 atom stereocenters. The molecule has 100 valence electrons. The number of hydrogen-bond donors (Lipinski definition) is 1. The Kier molecular flexibility index (Phi) is 4.01. The van der Waals surface area contributed by atoms with Gasteiger partial charge in [0.1, 0.15) is 5.82 Å². The standard InChI is InChI=1S/C13H22N4O/c1-10(8-14)7-13(18)17(11-3-4-11)9-12-15-5-6-16(12)2/h5-6,10-11H,3-4,7-9,14H2,1-2H3. The number of rotatable bonds is 6. The van der Waals surface area contributed by atoms with Crippen LogP contribution in [0.2, 0.25) is 0 Å². The lowest BCUT2D eigenvalue weighted by atomic mass is 10.1. The molecule has 2 N–H and O–H groups in total. The maximum atomic E-state index is 12.3. The van der Waals surface area contributed by atoms with Crippen molar-refractivity contribution in [3.05, 3.63) is 18.2 Å². The lowest BCUT2D eigenvalue weighted by Crippen LogP contribution is -2.35. The minimum Gasteiger partial charge on any atom is -0.337 e. The van der Waals surface area contributed by atoms with Crippen molar-refractivity contribution in [1.82, 2.24) is 14.5 Å². The molecule has 1 aromatic heterocycles. The van der Waals surface area contributed by atoms with E-state index in [1.54, 1.807) is 6.20 Å². The first-order valence-corrected chi connectivity index (χ1v) is 6.57. The summed E-state index contributed by atoms with van der Waals surface area (Å²) in [6.07, 6.45) is 6.46. The van der Waals surface area contributed by atoms with Crippen molar-refractivity contribution < 1.29 is 4.79 Å². The van der Waals surface area contributed by atoms with E-state index in [1.165, 1.54) is 0 Å². The second kappa shape index (κ2) is 5.52. The van der Waals surface area contributed by atoms with Gasteiger partial charge in [0.2, 0.25) is 5.91 Å². The van der Waals surface area contributed by atoms with Gasteiger partial charge in [-0.2, -0.15) is 0 Å². The lowest BCUT2D eigenvalue weighted by Gasteiger charge is -2.23. The predicted molar refractivity (Wildman–Crippen MR) is 69.6 cm³/mol. The Morgan fingerprint density at radius 1 is 1.67 bits per heavy atom. The fourth-order valence-corrected chi connectivity index (χ4v) is 2.01. The number of amides is 1. The molecule has 0 aliphatic heterocycles. The molecule has 1 fully saturated rings. The van der Waals surface area contributed by atoms with Gasteiger partial charge in [0, 0.05) is 31.9 Å². The number of carbonyl (C=O) groups excluding carboxylic acids is 1. The van der Waals surface area contributed by atoms with Crippen LogP contribution in [0.25, 0.3) is 0 Å². The molecular weight excluding hydrogens is 228 g/mol. The summed E-state index contributed by atoms with van der Waals surface area (Å²) in [5.74, 6) is 1.40. The molecule has 1 heterocycles. The molecule has 1 unspecified atom stereocenters. The third-order valence-corrected chi connectivity index (χ3v) is 3.47. The normalized spacial score (nSPS) is 16.6. The second-order valence-electron chi connectivity index (χ2n) is 5.25. The summed E-state index contributed by atoms with van der Waals surface area (Å²) in [6.45, 7) is 3.20. The van der Waals surface area contributed by atoms with E-state index in [9.17, 15) is 4.79 Å². The van der Waals surface area contributed by atoms with Crippen LogP contribution in [-0.2, 0) is 18.4 Å². The van der Waals surface area contributed by atoms with Gasteiger partial charge in [0.25, 0.3) is 0 Å². The van der Waals surface area contributed by atoms with Gasteiger partial charge in [-0.15, -0.1) is 0 Å². The second-order valence-corrected chi connectivity index (χ2v) is 5.25. The predicted octanol–water partition coefficient (Wildman–Crippen LogP) is 0.896. The zero-order valence-electron chi connectivity index (χ0n) is 11.2. The van der Waals surface area contributed by atoms with Gasteiger partial charge in [-0.3, -0.25) is 4.79 Å². The van der Waals surface area contributed by atoms with E-state index in [2.05, 4.69) is 4.98 Å². The molecule has 2 rings (SSSR count). The number of hydrogen-bond acceptors (Lipinski definition) is 3. The molecule has 1 aliphatic rings. The molecule has 0 aromatic carbocycles. The van der Waals surface area contributed by atoms with Crippen molar-refractivity contribution in [3.63, 3.8) is 0 Å². The van der Waals surface area contributed by atoms with Crippen LogP contribution in [0.5, 0.6) is 0 Å². The Morgan fingerprint density at radius 2 is 2.39 bits per heavy atom. The molecule has 18 heavy (non-hydrogen) atoms. The molecule has 0 bridgehead atoms. The number of aryl methyl sites for hydroxylation is 1. The quantitative estimate of drug-likeness (QED) is 0.815. The van der Waals surface area contributed by atoms with Gasteiger partial charge >= 0.3 is 0 Å². The number of imidazole rings is 1. The van der Waals surface area contributed by atoms with Crippen LogP contribution in [0.1, 0.15) is 32.0 Å². The fraction of sp³-hybridized carbons (Fsp3) is 0.692. The average Bonchev–Trinajstić information content (AvgIpc) is 3.10. The Morgan fingerprint density at radius 3 is 2.89 bits per heavy atom. The van der Waals surface area contributed by atoms with Crippen molar-refractivity contribution in [2.24, 2.45) is 18.7 Å². The minimum absolute atomic E-state index is 0.207. The topological polar surface area (TPSA) is 64.2 Å². The zero-order chi connectivity index (χ0) is 13.1.